The monoisotopic (exact) mass is 215 g/mol. The number of anilines is 1. The van der Waals surface area contributed by atoms with Gasteiger partial charge in [-0.2, -0.15) is 10.2 Å². The highest BCUT2D eigenvalue weighted by molar-refractivity contribution is 5.42. The quantitative estimate of drug-likeness (QED) is 0.829. The third-order valence-electron chi connectivity index (χ3n) is 1.89. The van der Waals surface area contributed by atoms with Crippen molar-refractivity contribution in [3.05, 3.63) is 35.6 Å². The van der Waals surface area contributed by atoms with Crippen LogP contribution in [0.3, 0.4) is 0 Å². The molecule has 0 aliphatic carbocycles. The van der Waals surface area contributed by atoms with E-state index in [0.29, 0.717) is 29.6 Å². The van der Waals surface area contributed by atoms with Gasteiger partial charge in [-0.05, 0) is 12.1 Å². The number of aromatic nitrogens is 3. The van der Waals surface area contributed by atoms with Gasteiger partial charge in [0.15, 0.2) is 5.82 Å². The smallest absolute Gasteiger partial charge is 0.223 e. The van der Waals surface area contributed by atoms with Crippen molar-refractivity contribution in [2.24, 2.45) is 0 Å². The van der Waals surface area contributed by atoms with Crippen molar-refractivity contribution in [2.75, 3.05) is 5.32 Å². The second kappa shape index (κ2) is 4.40. The molecule has 80 valence electrons. The summed E-state index contributed by atoms with van der Waals surface area (Å²) in [5.41, 5.74) is 0.557. The molecular weight excluding hydrogens is 206 g/mol. The number of nitrogens with one attached hydrogen (secondary N) is 1. The minimum atomic E-state index is 0.416. The zero-order valence-corrected chi connectivity index (χ0v) is 8.64. The van der Waals surface area contributed by atoms with Crippen molar-refractivity contribution >= 4 is 5.82 Å². The molecule has 6 heteroatoms. The molecule has 0 saturated heterocycles. The maximum Gasteiger partial charge on any atom is 0.223 e. The van der Waals surface area contributed by atoms with Crippen molar-refractivity contribution in [1.29, 1.82) is 5.26 Å². The lowest BCUT2D eigenvalue weighted by Gasteiger charge is -2.01. The summed E-state index contributed by atoms with van der Waals surface area (Å²) in [6.45, 7) is 2.14. The second-order valence-corrected chi connectivity index (χ2v) is 3.12. The molecule has 0 fully saturated rings. The molecule has 6 nitrogen and oxygen atoms in total. The van der Waals surface area contributed by atoms with Gasteiger partial charge in [-0.25, -0.2) is 4.98 Å². The van der Waals surface area contributed by atoms with Gasteiger partial charge in [0.1, 0.15) is 5.82 Å². The average Bonchev–Trinajstić information content (AvgIpc) is 2.73. The van der Waals surface area contributed by atoms with Crippen LogP contribution in [-0.2, 0) is 6.54 Å². The van der Waals surface area contributed by atoms with Crippen LogP contribution in [0.4, 0.5) is 5.82 Å². The molecule has 0 radical (unpaired) electrons. The van der Waals surface area contributed by atoms with Crippen LogP contribution < -0.4 is 5.32 Å². The van der Waals surface area contributed by atoms with Crippen LogP contribution in [-0.4, -0.2) is 15.1 Å². The third kappa shape index (κ3) is 2.33. The summed E-state index contributed by atoms with van der Waals surface area (Å²) in [5.74, 6) is 1.69. The Kier molecular flexibility index (Phi) is 2.78. The number of rotatable bonds is 3. The zero-order chi connectivity index (χ0) is 11.4. The summed E-state index contributed by atoms with van der Waals surface area (Å²) in [6.07, 6.45) is 1.57. The van der Waals surface area contributed by atoms with Crippen LogP contribution in [0.2, 0.25) is 0 Å². The van der Waals surface area contributed by atoms with Crippen LogP contribution in [0.25, 0.3) is 0 Å². The third-order valence-corrected chi connectivity index (χ3v) is 1.89. The lowest BCUT2D eigenvalue weighted by Crippen LogP contribution is -2.02. The summed E-state index contributed by atoms with van der Waals surface area (Å²) < 4.78 is 4.82. The van der Waals surface area contributed by atoms with Gasteiger partial charge in [-0.3, -0.25) is 0 Å². The lowest BCUT2D eigenvalue weighted by atomic mass is 10.3. The van der Waals surface area contributed by atoms with Gasteiger partial charge in [0.2, 0.25) is 5.89 Å². The topological polar surface area (TPSA) is 87.6 Å². The number of aryl methyl sites for hydroxylation is 1. The Bertz CT molecular complexity index is 528. The van der Waals surface area contributed by atoms with E-state index < -0.39 is 0 Å². The fraction of sp³-hybridized carbons (Fsp3) is 0.200. The predicted octanol–water partition coefficient (Wildman–Crippen LogP) is 1.26. The molecule has 2 rings (SSSR count). The molecule has 2 heterocycles. The molecule has 0 spiro atoms. The number of nitriles is 1. The van der Waals surface area contributed by atoms with Crippen LogP contribution in [0.15, 0.2) is 22.9 Å². The number of hydrogen-bond acceptors (Lipinski definition) is 6. The molecule has 0 aliphatic rings. The molecule has 2 aromatic heterocycles. The highest BCUT2D eigenvalue weighted by Gasteiger charge is 2.02. The standard InChI is InChI=1S/C10H9N5O/c1-7-14-10(15-16-7)6-13-9-4-8(5-11)2-3-12-9/h2-4H,6H2,1H3,(H,12,13). The summed E-state index contributed by atoms with van der Waals surface area (Å²) >= 11 is 0. The van der Waals surface area contributed by atoms with Gasteiger partial charge < -0.3 is 9.84 Å². The van der Waals surface area contributed by atoms with E-state index >= 15 is 0 Å². The number of hydrogen-bond donors (Lipinski definition) is 1. The maximum absolute atomic E-state index is 8.71. The molecule has 0 amide bonds. The van der Waals surface area contributed by atoms with E-state index in [2.05, 4.69) is 20.4 Å². The molecule has 0 saturated carbocycles. The highest BCUT2D eigenvalue weighted by Crippen LogP contribution is 2.06. The molecular formula is C10H9N5O. The zero-order valence-electron chi connectivity index (χ0n) is 8.64. The van der Waals surface area contributed by atoms with Crippen molar-refractivity contribution < 1.29 is 4.52 Å². The van der Waals surface area contributed by atoms with Crippen LogP contribution in [0.5, 0.6) is 0 Å². The van der Waals surface area contributed by atoms with E-state index in [1.165, 1.54) is 0 Å². The van der Waals surface area contributed by atoms with E-state index in [1.807, 2.05) is 6.07 Å². The molecule has 16 heavy (non-hydrogen) atoms. The first kappa shape index (κ1) is 10.1. The Labute approximate surface area is 91.9 Å². The van der Waals surface area contributed by atoms with Crippen molar-refractivity contribution in [2.45, 2.75) is 13.5 Å². The van der Waals surface area contributed by atoms with Gasteiger partial charge in [-0.15, -0.1) is 0 Å². The molecule has 0 unspecified atom stereocenters. The Morgan fingerprint density at radius 2 is 2.44 bits per heavy atom. The minimum absolute atomic E-state index is 0.416. The lowest BCUT2D eigenvalue weighted by molar-refractivity contribution is 0.388. The Morgan fingerprint density at radius 1 is 1.56 bits per heavy atom. The average molecular weight is 215 g/mol. The van der Waals surface area contributed by atoms with E-state index in [9.17, 15) is 0 Å². The first-order valence-electron chi connectivity index (χ1n) is 4.67. The molecule has 1 N–H and O–H groups in total. The summed E-state index contributed by atoms with van der Waals surface area (Å²) in [6, 6.07) is 5.34. The second-order valence-electron chi connectivity index (χ2n) is 3.12. The summed E-state index contributed by atoms with van der Waals surface area (Å²) in [7, 11) is 0. The number of nitrogens with zero attached hydrogens (tertiary/aromatic N) is 4. The molecule has 0 aromatic carbocycles. The van der Waals surface area contributed by atoms with Gasteiger partial charge in [0.25, 0.3) is 0 Å². The fourth-order valence-corrected chi connectivity index (χ4v) is 1.18. The van der Waals surface area contributed by atoms with Gasteiger partial charge in [0, 0.05) is 13.1 Å². The molecule has 0 atom stereocenters. The number of pyridine rings is 1. The first-order chi connectivity index (χ1) is 7.78. The normalized spacial score (nSPS) is 9.75. The maximum atomic E-state index is 8.71. The Morgan fingerprint density at radius 3 is 3.12 bits per heavy atom. The van der Waals surface area contributed by atoms with Crippen molar-refractivity contribution in [1.82, 2.24) is 15.1 Å². The van der Waals surface area contributed by atoms with E-state index in [4.69, 9.17) is 9.78 Å². The van der Waals surface area contributed by atoms with Gasteiger partial charge in [0.05, 0.1) is 18.2 Å². The molecule has 0 bridgehead atoms. The summed E-state index contributed by atoms with van der Waals surface area (Å²) in [5, 5.41) is 15.4. The summed E-state index contributed by atoms with van der Waals surface area (Å²) in [4.78, 5) is 8.10. The van der Waals surface area contributed by atoms with Crippen LogP contribution >= 0.6 is 0 Å². The van der Waals surface area contributed by atoms with E-state index in [1.54, 1.807) is 25.3 Å². The van der Waals surface area contributed by atoms with E-state index in [-0.39, 0.29) is 0 Å². The molecule has 0 aliphatic heterocycles. The minimum Gasteiger partial charge on any atom is -0.363 e. The fourth-order valence-electron chi connectivity index (χ4n) is 1.18. The predicted molar refractivity (Wildman–Crippen MR) is 55.3 cm³/mol. The highest BCUT2D eigenvalue weighted by atomic mass is 16.5. The van der Waals surface area contributed by atoms with Crippen molar-refractivity contribution in [3.63, 3.8) is 0 Å². The van der Waals surface area contributed by atoms with Crippen LogP contribution in [0, 0.1) is 18.3 Å². The SMILES string of the molecule is Cc1nc(CNc2cc(C#N)ccn2)no1. The van der Waals surface area contributed by atoms with Gasteiger partial charge in [-0.1, -0.05) is 5.16 Å². The van der Waals surface area contributed by atoms with E-state index in [0.717, 1.165) is 0 Å². The first-order valence-corrected chi connectivity index (χ1v) is 4.67. The largest absolute Gasteiger partial charge is 0.363 e. The van der Waals surface area contributed by atoms with Gasteiger partial charge >= 0.3 is 0 Å². The molecule has 2 aromatic rings. The Balaban J connectivity index is 2.02. The Hall–Kier alpha value is -2.42. The van der Waals surface area contributed by atoms with Crippen LogP contribution in [0.1, 0.15) is 17.3 Å². The van der Waals surface area contributed by atoms with Crippen molar-refractivity contribution in [3.8, 4) is 6.07 Å².